The highest BCUT2D eigenvalue weighted by Gasteiger charge is 2.31. The van der Waals surface area contributed by atoms with Crippen LogP contribution in [-0.4, -0.2) is 19.0 Å². The Morgan fingerprint density at radius 3 is 2.48 bits per heavy atom. The van der Waals surface area contributed by atoms with Crippen LogP contribution in [0.5, 0.6) is 0 Å². The zero-order valence-electron chi connectivity index (χ0n) is 14.5. The van der Waals surface area contributed by atoms with Crippen LogP contribution in [0.15, 0.2) is 23.2 Å². The number of hydrogen-bond acceptors (Lipinski definition) is 2. The van der Waals surface area contributed by atoms with Crippen LogP contribution < -0.4 is 15.8 Å². The Bertz CT molecular complexity index is 598. The molecular weight excluding hydrogens is 291 g/mol. The number of hydrogen-bond donors (Lipinski definition) is 3. The van der Waals surface area contributed by atoms with Gasteiger partial charge in [-0.25, -0.2) is 19.7 Å². The quantitative estimate of drug-likeness (QED) is 0.745. The Morgan fingerprint density at radius 2 is 1.83 bits per heavy atom. The fourth-order valence-electron chi connectivity index (χ4n) is 3.68. The molecular formula is C18H28FN4+. The van der Waals surface area contributed by atoms with Crippen molar-refractivity contribution in [1.82, 2.24) is 5.43 Å². The van der Waals surface area contributed by atoms with Crippen molar-refractivity contribution in [3.05, 3.63) is 24.0 Å². The average molecular weight is 319 g/mol. The first-order valence-electron chi connectivity index (χ1n) is 8.58. The van der Waals surface area contributed by atoms with Crippen LogP contribution in [-0.2, 0) is 0 Å². The molecule has 1 aromatic carbocycles. The van der Waals surface area contributed by atoms with E-state index in [0.717, 1.165) is 41.0 Å². The fraction of sp³-hybridized carbons (Fsp3) is 0.611. The molecule has 5 heteroatoms. The normalized spacial score (nSPS) is 29.6. The highest BCUT2D eigenvalue weighted by Crippen LogP contribution is 2.38. The Balaban J connectivity index is 1.69. The molecule has 2 aliphatic rings. The van der Waals surface area contributed by atoms with Gasteiger partial charge >= 0.3 is 5.96 Å². The van der Waals surface area contributed by atoms with E-state index < -0.39 is 0 Å². The third kappa shape index (κ3) is 3.50. The minimum Gasteiger partial charge on any atom is -0.290 e. The molecule has 1 aliphatic heterocycles. The summed E-state index contributed by atoms with van der Waals surface area (Å²) < 4.78 is 13.3. The molecule has 1 aliphatic carbocycles. The van der Waals surface area contributed by atoms with Gasteiger partial charge in [0.05, 0.1) is 13.1 Å². The lowest BCUT2D eigenvalue weighted by Crippen LogP contribution is -3.10. The van der Waals surface area contributed by atoms with Crippen molar-refractivity contribution in [2.75, 3.05) is 12.5 Å². The number of aliphatic imine (C=N–C) groups is 1. The van der Waals surface area contributed by atoms with Crippen molar-refractivity contribution in [2.45, 2.75) is 52.5 Å². The van der Waals surface area contributed by atoms with E-state index in [4.69, 9.17) is 4.99 Å². The number of benzene rings is 1. The van der Waals surface area contributed by atoms with Crippen molar-refractivity contribution >= 4 is 17.3 Å². The predicted octanol–water partition coefficient (Wildman–Crippen LogP) is 2.86. The minimum absolute atomic E-state index is 0.230. The number of nitrogens with zero attached hydrogens (tertiary/aromatic N) is 1. The monoisotopic (exact) mass is 319 g/mol. The first kappa shape index (κ1) is 16.2. The number of nitrogens with one attached hydrogen (secondary N) is 3. The number of halogens is 1. The van der Waals surface area contributed by atoms with Crippen molar-refractivity contribution < 1.29 is 9.29 Å². The molecule has 1 atom stereocenters. The lowest BCUT2D eigenvalue weighted by molar-refractivity contribution is -0.709. The molecule has 1 heterocycles. The standard InChI is InChI=1S/C18H27FN4/c1-18(2,3)12-5-8-14(9-6-12)20-17-22-21-15-11-13(19)7-10-16(15)23(17)4/h7,10-12,14,21H,5-6,8-9H2,1-4H3,(H,20,22)/p+1. The molecule has 0 spiro atoms. The number of anilines is 1. The number of quaternary nitrogens is 1. The van der Waals surface area contributed by atoms with Gasteiger partial charge in [0.1, 0.15) is 11.5 Å². The predicted molar refractivity (Wildman–Crippen MR) is 92.3 cm³/mol. The zero-order valence-corrected chi connectivity index (χ0v) is 14.5. The topological polar surface area (TPSA) is 40.9 Å². The van der Waals surface area contributed by atoms with Crippen molar-refractivity contribution in [2.24, 2.45) is 16.3 Å². The van der Waals surface area contributed by atoms with E-state index in [2.05, 4.69) is 31.6 Å². The Kier molecular flexibility index (Phi) is 4.32. The van der Waals surface area contributed by atoms with Gasteiger partial charge in [-0.2, -0.15) is 0 Å². The number of fused-ring (bicyclic) bond motifs is 1. The van der Waals surface area contributed by atoms with Crippen LogP contribution in [0.2, 0.25) is 0 Å². The van der Waals surface area contributed by atoms with Crippen LogP contribution in [0.4, 0.5) is 15.8 Å². The molecule has 126 valence electrons. The van der Waals surface area contributed by atoms with Crippen molar-refractivity contribution in [3.8, 4) is 0 Å². The van der Waals surface area contributed by atoms with E-state index in [0.29, 0.717) is 11.5 Å². The second kappa shape index (κ2) is 6.11. The Labute approximate surface area is 138 Å². The first-order valence-corrected chi connectivity index (χ1v) is 8.58. The van der Waals surface area contributed by atoms with Gasteiger partial charge in [0.15, 0.2) is 5.69 Å². The van der Waals surface area contributed by atoms with E-state index in [1.165, 1.54) is 25.0 Å². The number of rotatable bonds is 1. The minimum atomic E-state index is -0.230. The van der Waals surface area contributed by atoms with Crippen LogP contribution in [0, 0.1) is 17.2 Å². The molecule has 1 saturated carbocycles. The molecule has 0 bridgehead atoms. The molecule has 0 amide bonds. The summed E-state index contributed by atoms with van der Waals surface area (Å²) in [5.74, 6) is 1.46. The van der Waals surface area contributed by atoms with Gasteiger partial charge in [0.2, 0.25) is 0 Å². The summed E-state index contributed by atoms with van der Waals surface area (Å²) in [5.41, 5.74) is 8.40. The highest BCUT2D eigenvalue weighted by atomic mass is 19.1. The second-order valence-electron chi connectivity index (χ2n) is 7.91. The number of hydrazine groups is 1. The third-order valence-electron chi connectivity index (χ3n) is 5.29. The molecule has 3 N–H and O–H groups in total. The summed E-state index contributed by atoms with van der Waals surface area (Å²) in [6, 6.07) is 5.22. The van der Waals surface area contributed by atoms with Crippen LogP contribution in [0.3, 0.4) is 0 Å². The van der Waals surface area contributed by atoms with Gasteiger partial charge in [0, 0.05) is 12.1 Å². The van der Waals surface area contributed by atoms with E-state index in [1.54, 1.807) is 0 Å². The van der Waals surface area contributed by atoms with E-state index in [-0.39, 0.29) is 5.82 Å². The lowest BCUT2D eigenvalue weighted by atomic mass is 9.71. The largest absolute Gasteiger partial charge is 0.320 e. The summed E-state index contributed by atoms with van der Waals surface area (Å²) >= 11 is 0. The molecule has 1 unspecified atom stereocenters. The SMILES string of the molecule is C[NH+]1C(=NC2CCC(C(C)(C)C)CC2)NNc2cc(F)ccc21. The average Bonchev–Trinajstić information content (AvgIpc) is 2.50. The van der Waals surface area contributed by atoms with E-state index >= 15 is 0 Å². The van der Waals surface area contributed by atoms with Gasteiger partial charge in [-0.05, 0) is 43.1 Å². The lowest BCUT2D eigenvalue weighted by Gasteiger charge is -2.36. The first-order chi connectivity index (χ1) is 10.8. The summed E-state index contributed by atoms with van der Waals surface area (Å²) in [7, 11) is 2.05. The summed E-state index contributed by atoms with van der Waals surface area (Å²) in [4.78, 5) is 6.01. The smallest absolute Gasteiger partial charge is 0.290 e. The fourth-order valence-corrected chi connectivity index (χ4v) is 3.68. The third-order valence-corrected chi connectivity index (χ3v) is 5.29. The van der Waals surface area contributed by atoms with Crippen LogP contribution >= 0.6 is 0 Å². The summed E-state index contributed by atoms with van der Waals surface area (Å²) in [6.07, 6.45) is 4.80. The molecule has 0 aromatic heterocycles. The van der Waals surface area contributed by atoms with Crippen LogP contribution in [0.25, 0.3) is 0 Å². The zero-order chi connectivity index (χ0) is 16.6. The second-order valence-corrected chi connectivity index (χ2v) is 7.91. The number of guanidine groups is 1. The molecule has 0 radical (unpaired) electrons. The molecule has 1 aromatic rings. The maximum Gasteiger partial charge on any atom is 0.320 e. The van der Waals surface area contributed by atoms with E-state index in [9.17, 15) is 4.39 Å². The molecule has 1 fully saturated rings. The molecule has 23 heavy (non-hydrogen) atoms. The van der Waals surface area contributed by atoms with Crippen molar-refractivity contribution in [1.29, 1.82) is 0 Å². The van der Waals surface area contributed by atoms with Gasteiger partial charge in [-0.3, -0.25) is 5.43 Å². The molecule has 3 rings (SSSR count). The van der Waals surface area contributed by atoms with Gasteiger partial charge in [0.25, 0.3) is 0 Å². The Morgan fingerprint density at radius 1 is 1.13 bits per heavy atom. The molecule has 0 saturated heterocycles. The van der Waals surface area contributed by atoms with Gasteiger partial charge in [-0.15, -0.1) is 0 Å². The Hall–Kier alpha value is -1.62. The van der Waals surface area contributed by atoms with Crippen molar-refractivity contribution in [3.63, 3.8) is 0 Å². The highest BCUT2D eigenvalue weighted by molar-refractivity contribution is 5.81. The summed E-state index contributed by atoms with van der Waals surface area (Å²) in [5, 5.41) is 0. The molecule has 4 nitrogen and oxygen atoms in total. The van der Waals surface area contributed by atoms with Gasteiger partial charge < -0.3 is 0 Å². The maximum absolute atomic E-state index is 13.3. The van der Waals surface area contributed by atoms with E-state index in [1.807, 2.05) is 13.1 Å². The van der Waals surface area contributed by atoms with Crippen LogP contribution in [0.1, 0.15) is 46.5 Å². The summed E-state index contributed by atoms with van der Waals surface area (Å²) in [6.45, 7) is 7.01. The maximum atomic E-state index is 13.3. The van der Waals surface area contributed by atoms with Gasteiger partial charge in [-0.1, -0.05) is 20.8 Å².